The molecule has 0 amide bonds. The molecule has 0 spiro atoms. The number of anilines is 1. The van der Waals surface area contributed by atoms with Gasteiger partial charge >= 0.3 is 0 Å². The molecule has 1 aromatic rings. The van der Waals surface area contributed by atoms with E-state index >= 15 is 0 Å². The first-order valence-corrected chi connectivity index (χ1v) is 5.33. The van der Waals surface area contributed by atoms with E-state index in [1.54, 1.807) is 25.1 Å². The van der Waals surface area contributed by atoms with E-state index in [0.29, 0.717) is 10.2 Å². The minimum atomic E-state index is -0.396. The first-order chi connectivity index (χ1) is 6.43. The number of benzene rings is 1. The Labute approximate surface area is 98.3 Å². The van der Waals surface area contributed by atoms with Gasteiger partial charge in [0.1, 0.15) is 5.69 Å². The third-order valence-corrected chi connectivity index (χ3v) is 3.54. The Hall–Kier alpha value is -0.620. The van der Waals surface area contributed by atoms with Crippen LogP contribution in [0.15, 0.2) is 21.1 Å². The van der Waals surface area contributed by atoms with Crippen molar-refractivity contribution < 1.29 is 4.92 Å². The van der Waals surface area contributed by atoms with Crippen molar-refractivity contribution in [3.63, 3.8) is 0 Å². The molecular formula is C8H8Br2N2O2. The first kappa shape index (κ1) is 11.5. The quantitative estimate of drug-likeness (QED) is 0.620. The predicted octanol–water partition coefficient (Wildman–Crippen LogP) is 3.19. The summed E-state index contributed by atoms with van der Waals surface area (Å²) in [6, 6.07) is 3.20. The molecular weight excluding hydrogens is 316 g/mol. The normalized spacial score (nSPS) is 10.0. The van der Waals surface area contributed by atoms with E-state index < -0.39 is 4.92 Å². The van der Waals surface area contributed by atoms with Crippen LogP contribution in [0.1, 0.15) is 0 Å². The Bertz CT molecular complexity index is 380. The van der Waals surface area contributed by atoms with Crippen molar-refractivity contribution >= 4 is 43.2 Å². The zero-order valence-electron chi connectivity index (χ0n) is 7.62. The van der Waals surface area contributed by atoms with Crippen LogP contribution in [0.3, 0.4) is 0 Å². The number of hydrogen-bond acceptors (Lipinski definition) is 3. The van der Waals surface area contributed by atoms with Gasteiger partial charge in [0, 0.05) is 29.1 Å². The monoisotopic (exact) mass is 322 g/mol. The summed E-state index contributed by atoms with van der Waals surface area (Å²) < 4.78 is 1.47. The van der Waals surface area contributed by atoms with Gasteiger partial charge in [0.15, 0.2) is 0 Å². The lowest BCUT2D eigenvalue weighted by molar-refractivity contribution is -0.384. The third-order valence-electron chi connectivity index (χ3n) is 1.70. The lowest BCUT2D eigenvalue weighted by atomic mass is 10.2. The van der Waals surface area contributed by atoms with Gasteiger partial charge in [0.05, 0.1) is 4.92 Å². The molecule has 76 valence electrons. The van der Waals surface area contributed by atoms with Crippen LogP contribution in [0.2, 0.25) is 0 Å². The lowest BCUT2D eigenvalue weighted by Gasteiger charge is -2.13. The van der Waals surface area contributed by atoms with Gasteiger partial charge in [0.25, 0.3) is 5.69 Å². The third kappa shape index (κ3) is 2.24. The maximum atomic E-state index is 10.7. The van der Waals surface area contributed by atoms with Gasteiger partial charge < -0.3 is 4.90 Å². The highest BCUT2D eigenvalue weighted by Gasteiger charge is 2.17. The van der Waals surface area contributed by atoms with Crippen molar-refractivity contribution in [3.05, 3.63) is 31.2 Å². The molecule has 14 heavy (non-hydrogen) atoms. The van der Waals surface area contributed by atoms with Crippen molar-refractivity contribution in [1.29, 1.82) is 0 Å². The zero-order chi connectivity index (χ0) is 10.9. The average Bonchev–Trinajstić information content (AvgIpc) is 2.08. The fourth-order valence-corrected chi connectivity index (χ4v) is 1.69. The molecule has 0 radical (unpaired) electrons. The molecule has 0 aliphatic rings. The van der Waals surface area contributed by atoms with Crippen molar-refractivity contribution in [2.75, 3.05) is 19.0 Å². The molecule has 0 atom stereocenters. The van der Waals surface area contributed by atoms with Crippen molar-refractivity contribution in [3.8, 4) is 0 Å². The highest BCUT2D eigenvalue weighted by atomic mass is 79.9. The standard InChI is InChI=1S/C8H8Br2N2O2/c1-11(2)7-3-5(9)6(10)4-8(7)12(13)14/h3-4H,1-2H3. The molecule has 0 heterocycles. The molecule has 0 N–H and O–H groups in total. The summed E-state index contributed by atoms with van der Waals surface area (Å²) in [7, 11) is 3.53. The number of nitro groups is 1. The van der Waals surface area contributed by atoms with Crippen LogP contribution in [-0.4, -0.2) is 19.0 Å². The SMILES string of the molecule is CN(C)c1cc(Br)c(Br)cc1[N+](=O)[O-]. The minimum Gasteiger partial charge on any atom is -0.372 e. The molecule has 0 saturated carbocycles. The molecule has 1 aromatic carbocycles. The molecule has 0 fully saturated rings. The predicted molar refractivity (Wildman–Crippen MR) is 62.8 cm³/mol. The van der Waals surface area contributed by atoms with Crippen LogP contribution in [0.25, 0.3) is 0 Å². The number of nitro benzene ring substituents is 1. The summed E-state index contributed by atoms with van der Waals surface area (Å²) in [6.45, 7) is 0. The van der Waals surface area contributed by atoms with E-state index in [4.69, 9.17) is 0 Å². The van der Waals surface area contributed by atoms with Crippen LogP contribution in [0, 0.1) is 10.1 Å². The molecule has 0 aromatic heterocycles. The van der Waals surface area contributed by atoms with Gasteiger partial charge in [-0.2, -0.15) is 0 Å². The Morgan fingerprint density at radius 1 is 1.29 bits per heavy atom. The molecule has 0 aliphatic carbocycles. The van der Waals surface area contributed by atoms with Crippen LogP contribution in [0.4, 0.5) is 11.4 Å². The number of nitrogens with zero attached hydrogens (tertiary/aromatic N) is 2. The Morgan fingerprint density at radius 2 is 1.79 bits per heavy atom. The van der Waals surface area contributed by atoms with Crippen molar-refractivity contribution in [1.82, 2.24) is 0 Å². The topological polar surface area (TPSA) is 46.4 Å². The average molecular weight is 324 g/mol. The summed E-state index contributed by atoms with van der Waals surface area (Å²) >= 11 is 6.53. The molecule has 4 nitrogen and oxygen atoms in total. The number of halogens is 2. The van der Waals surface area contributed by atoms with E-state index in [0.717, 1.165) is 4.47 Å². The van der Waals surface area contributed by atoms with E-state index in [1.165, 1.54) is 6.07 Å². The largest absolute Gasteiger partial charge is 0.372 e. The van der Waals surface area contributed by atoms with Crippen LogP contribution in [-0.2, 0) is 0 Å². The van der Waals surface area contributed by atoms with Crippen LogP contribution >= 0.6 is 31.9 Å². The summed E-state index contributed by atoms with van der Waals surface area (Å²) in [5.41, 5.74) is 0.662. The molecule has 0 bridgehead atoms. The smallest absolute Gasteiger partial charge is 0.293 e. The second-order valence-corrected chi connectivity index (χ2v) is 4.62. The molecule has 0 saturated heterocycles. The van der Waals surface area contributed by atoms with Gasteiger partial charge in [-0.05, 0) is 37.9 Å². The summed E-state index contributed by atoms with van der Waals surface area (Å²) in [5.74, 6) is 0. The van der Waals surface area contributed by atoms with Gasteiger partial charge in [-0.1, -0.05) is 0 Å². The van der Waals surface area contributed by atoms with Gasteiger partial charge in [-0.15, -0.1) is 0 Å². The Kier molecular flexibility index (Phi) is 3.49. The van der Waals surface area contributed by atoms with E-state index in [9.17, 15) is 10.1 Å². The second-order valence-electron chi connectivity index (χ2n) is 2.91. The van der Waals surface area contributed by atoms with Gasteiger partial charge in [-0.25, -0.2) is 0 Å². The molecule has 1 rings (SSSR count). The maximum Gasteiger partial charge on any atom is 0.293 e. The minimum absolute atomic E-state index is 0.0880. The fraction of sp³-hybridized carbons (Fsp3) is 0.250. The second kappa shape index (κ2) is 4.27. The van der Waals surface area contributed by atoms with Gasteiger partial charge in [0.2, 0.25) is 0 Å². The highest BCUT2D eigenvalue weighted by molar-refractivity contribution is 9.13. The summed E-state index contributed by atoms with van der Waals surface area (Å²) in [4.78, 5) is 12.0. The Balaban J connectivity index is 3.39. The maximum absolute atomic E-state index is 10.7. The van der Waals surface area contributed by atoms with Gasteiger partial charge in [-0.3, -0.25) is 10.1 Å². The fourth-order valence-electron chi connectivity index (χ4n) is 1.03. The van der Waals surface area contributed by atoms with E-state index in [-0.39, 0.29) is 5.69 Å². The number of rotatable bonds is 2. The van der Waals surface area contributed by atoms with Crippen LogP contribution in [0.5, 0.6) is 0 Å². The van der Waals surface area contributed by atoms with Crippen molar-refractivity contribution in [2.45, 2.75) is 0 Å². The summed E-state index contributed by atoms with van der Waals surface area (Å²) in [6.07, 6.45) is 0. The molecule has 0 unspecified atom stereocenters. The number of hydrogen-bond donors (Lipinski definition) is 0. The first-order valence-electron chi connectivity index (χ1n) is 3.74. The lowest BCUT2D eigenvalue weighted by Crippen LogP contribution is -2.11. The van der Waals surface area contributed by atoms with Crippen LogP contribution < -0.4 is 4.90 Å². The zero-order valence-corrected chi connectivity index (χ0v) is 10.8. The summed E-state index contributed by atoms with van der Waals surface area (Å²) in [5, 5.41) is 10.7. The van der Waals surface area contributed by atoms with Crippen molar-refractivity contribution in [2.24, 2.45) is 0 Å². The van der Waals surface area contributed by atoms with E-state index in [2.05, 4.69) is 31.9 Å². The molecule has 0 aliphatic heterocycles. The molecule has 6 heteroatoms. The highest BCUT2D eigenvalue weighted by Crippen LogP contribution is 2.35. The van der Waals surface area contributed by atoms with E-state index in [1.807, 2.05) is 0 Å². The Morgan fingerprint density at radius 3 is 2.21 bits per heavy atom.